The summed E-state index contributed by atoms with van der Waals surface area (Å²) in [5, 5.41) is 0. The summed E-state index contributed by atoms with van der Waals surface area (Å²) in [6.45, 7) is 13.2. The summed E-state index contributed by atoms with van der Waals surface area (Å²) in [5.41, 5.74) is 11.1. The van der Waals surface area contributed by atoms with Gasteiger partial charge < -0.3 is 15.6 Å². The Bertz CT molecular complexity index is 967. The van der Waals surface area contributed by atoms with Gasteiger partial charge in [0.2, 0.25) is 5.91 Å². The van der Waals surface area contributed by atoms with Gasteiger partial charge in [-0.15, -0.1) is 0 Å². The van der Waals surface area contributed by atoms with Gasteiger partial charge in [0, 0.05) is 45.2 Å². The summed E-state index contributed by atoms with van der Waals surface area (Å²) in [5.74, 6) is -1.03. The van der Waals surface area contributed by atoms with Gasteiger partial charge >= 0.3 is 0 Å². The van der Waals surface area contributed by atoms with Crippen molar-refractivity contribution in [2.24, 2.45) is 0 Å². The van der Waals surface area contributed by atoms with Gasteiger partial charge in [-0.2, -0.15) is 0 Å². The van der Waals surface area contributed by atoms with Crippen LogP contribution in [0.2, 0.25) is 0 Å². The number of nitrogens with one attached hydrogen (secondary N) is 3. The van der Waals surface area contributed by atoms with Crippen LogP contribution in [0.25, 0.3) is 0 Å². The molecule has 2 amide bonds. The average molecular weight is 475 g/mol. The van der Waals surface area contributed by atoms with Crippen LogP contribution in [0.15, 0.2) is 16.4 Å². The molecule has 0 aromatic carbocycles. The molecule has 2 saturated heterocycles. The van der Waals surface area contributed by atoms with Crippen LogP contribution in [0.1, 0.15) is 57.4 Å². The van der Waals surface area contributed by atoms with Crippen LogP contribution < -0.4 is 27.0 Å². The number of nitrogen functional groups attached to an aromatic ring is 1. The highest BCUT2D eigenvalue weighted by molar-refractivity contribution is 5.97. The van der Waals surface area contributed by atoms with Crippen molar-refractivity contribution in [3.63, 3.8) is 0 Å². The largest absolute Gasteiger partial charge is 0.382 e. The summed E-state index contributed by atoms with van der Waals surface area (Å²) >= 11 is 0. The van der Waals surface area contributed by atoms with Crippen LogP contribution in [-0.4, -0.2) is 82.9 Å². The van der Waals surface area contributed by atoms with E-state index >= 15 is 0 Å². The topological polar surface area (TPSA) is 140 Å². The zero-order chi connectivity index (χ0) is 24.8. The summed E-state index contributed by atoms with van der Waals surface area (Å²) in [4.78, 5) is 49.8. The van der Waals surface area contributed by atoms with E-state index in [9.17, 15) is 14.4 Å². The van der Waals surface area contributed by atoms with Crippen molar-refractivity contribution in [3.05, 3.63) is 27.7 Å². The lowest BCUT2D eigenvalue weighted by Gasteiger charge is -2.47. The smallest absolute Gasteiger partial charge is 0.291 e. The van der Waals surface area contributed by atoms with Gasteiger partial charge in [-0.25, -0.2) is 4.98 Å². The average Bonchev–Trinajstić information content (AvgIpc) is 2.83. The zero-order valence-electron chi connectivity index (χ0n) is 20.7. The molecule has 0 aliphatic carbocycles. The van der Waals surface area contributed by atoms with E-state index in [1.807, 2.05) is 4.90 Å². The molecule has 188 valence electrons. The molecule has 0 saturated carbocycles. The number of carbonyl (C=O) groups is 2. The molecule has 3 heterocycles. The Morgan fingerprint density at radius 3 is 2.50 bits per heavy atom. The van der Waals surface area contributed by atoms with E-state index in [0.29, 0.717) is 25.2 Å². The molecule has 1 aromatic rings. The Morgan fingerprint density at radius 2 is 1.88 bits per heavy atom. The van der Waals surface area contributed by atoms with Crippen LogP contribution in [-0.2, 0) is 4.79 Å². The van der Waals surface area contributed by atoms with Gasteiger partial charge in [0.15, 0.2) is 17.3 Å². The van der Waals surface area contributed by atoms with Crippen LogP contribution >= 0.6 is 0 Å². The van der Waals surface area contributed by atoms with Gasteiger partial charge in [-0.05, 0) is 46.2 Å². The Hall–Kier alpha value is -2.92. The monoisotopic (exact) mass is 474 g/mol. The normalized spacial score (nSPS) is 20.9. The number of aromatic amines is 1. The number of H-pyrrole nitrogens is 1. The van der Waals surface area contributed by atoms with Gasteiger partial charge in [0.05, 0.1) is 0 Å². The van der Waals surface area contributed by atoms with Crippen molar-refractivity contribution >= 4 is 23.5 Å². The first kappa shape index (κ1) is 25.7. The third kappa shape index (κ3) is 6.15. The lowest BCUT2D eigenvalue weighted by Crippen LogP contribution is -2.59. The maximum Gasteiger partial charge on any atom is 0.291 e. The van der Waals surface area contributed by atoms with Crippen LogP contribution in [0, 0.1) is 0 Å². The van der Waals surface area contributed by atoms with Crippen LogP contribution in [0.3, 0.4) is 0 Å². The maximum absolute atomic E-state index is 12.8. The molecule has 34 heavy (non-hydrogen) atoms. The Morgan fingerprint density at radius 1 is 1.18 bits per heavy atom. The molecule has 0 radical (unpaired) electrons. The lowest BCUT2D eigenvalue weighted by atomic mass is 9.98. The third-order valence-corrected chi connectivity index (χ3v) is 6.79. The minimum Gasteiger partial charge on any atom is -0.382 e. The standard InChI is InChI=1S/C23H38N8O3/c1-5-15(3)13-29-9-7-18(8-10-29)31-12-11-30(14-17(31)6-2)21-23(34)25-19(20(24)26-21)22(33)28-27-16(4)32/h5,17-18H,6-14H2,1-4H3,(H2,24,26)(H,25,34)(H,27,32)(H,28,33)/b15-5+. The minimum atomic E-state index is -0.726. The van der Waals surface area contributed by atoms with E-state index in [-0.39, 0.29) is 17.3 Å². The van der Waals surface area contributed by atoms with Crippen molar-refractivity contribution in [1.29, 1.82) is 0 Å². The number of hydrazine groups is 1. The second-order valence-corrected chi connectivity index (χ2v) is 9.17. The molecule has 1 unspecified atom stereocenters. The van der Waals surface area contributed by atoms with Gasteiger partial charge in [0.1, 0.15) is 0 Å². The number of anilines is 2. The van der Waals surface area contributed by atoms with E-state index in [0.717, 1.165) is 45.4 Å². The lowest BCUT2D eigenvalue weighted by molar-refractivity contribution is -0.119. The quantitative estimate of drug-likeness (QED) is 0.345. The molecule has 2 aliphatic rings. The molecule has 3 rings (SSSR count). The number of aromatic nitrogens is 2. The van der Waals surface area contributed by atoms with Gasteiger partial charge in [-0.1, -0.05) is 18.6 Å². The number of carbonyl (C=O) groups excluding carboxylic acids is 2. The number of allylic oxidation sites excluding steroid dienone is 1. The highest BCUT2D eigenvalue weighted by Gasteiger charge is 2.34. The second-order valence-electron chi connectivity index (χ2n) is 9.17. The zero-order valence-corrected chi connectivity index (χ0v) is 20.7. The molecule has 11 heteroatoms. The molecular formula is C23H38N8O3. The molecule has 1 aromatic heterocycles. The van der Waals surface area contributed by atoms with Crippen molar-refractivity contribution in [2.75, 3.05) is 49.9 Å². The number of likely N-dealkylation sites (tertiary alicyclic amines) is 1. The van der Waals surface area contributed by atoms with E-state index < -0.39 is 17.4 Å². The van der Waals surface area contributed by atoms with E-state index in [4.69, 9.17) is 5.73 Å². The SMILES string of the molecule is C/C=C(\C)CN1CCC(N2CCN(c3nc(N)c(C(=O)NNC(C)=O)[nH]c3=O)CC2CC)CC1. The first-order chi connectivity index (χ1) is 16.2. The molecule has 5 N–H and O–H groups in total. The third-order valence-electron chi connectivity index (χ3n) is 6.79. The molecule has 0 bridgehead atoms. The van der Waals surface area contributed by atoms with Gasteiger partial charge in [0.25, 0.3) is 11.5 Å². The summed E-state index contributed by atoms with van der Waals surface area (Å²) in [6, 6.07) is 0.859. The number of hydrogen-bond acceptors (Lipinski definition) is 8. The number of piperazine rings is 1. The number of nitrogens with zero attached hydrogens (tertiary/aromatic N) is 4. The van der Waals surface area contributed by atoms with Crippen molar-refractivity contribution in [2.45, 2.75) is 59.0 Å². The van der Waals surface area contributed by atoms with Crippen molar-refractivity contribution in [3.8, 4) is 0 Å². The first-order valence-corrected chi connectivity index (χ1v) is 12.0. The number of nitrogens with two attached hydrogens (primary N) is 1. The molecule has 2 aliphatic heterocycles. The van der Waals surface area contributed by atoms with Crippen LogP contribution in [0.5, 0.6) is 0 Å². The number of rotatable bonds is 6. The highest BCUT2D eigenvalue weighted by Crippen LogP contribution is 2.25. The Balaban J connectivity index is 1.65. The summed E-state index contributed by atoms with van der Waals surface area (Å²) < 4.78 is 0. The van der Waals surface area contributed by atoms with Gasteiger partial charge in [-0.3, -0.25) is 35.0 Å². The number of piperidine rings is 1. The fraction of sp³-hybridized carbons (Fsp3) is 0.652. The Kier molecular flexibility index (Phi) is 8.67. The number of amides is 2. The molecular weight excluding hydrogens is 436 g/mol. The molecule has 0 spiro atoms. The van der Waals surface area contributed by atoms with E-state index in [1.54, 1.807) is 0 Å². The van der Waals surface area contributed by atoms with E-state index in [1.165, 1.54) is 12.5 Å². The first-order valence-electron chi connectivity index (χ1n) is 12.0. The molecule has 2 fully saturated rings. The minimum absolute atomic E-state index is 0.0864. The molecule has 11 nitrogen and oxygen atoms in total. The van der Waals surface area contributed by atoms with Crippen molar-refractivity contribution in [1.82, 2.24) is 30.6 Å². The maximum atomic E-state index is 12.8. The second kappa shape index (κ2) is 11.5. The number of hydrogen-bond donors (Lipinski definition) is 4. The Labute approximate surface area is 200 Å². The van der Waals surface area contributed by atoms with Crippen molar-refractivity contribution < 1.29 is 9.59 Å². The molecule has 1 atom stereocenters. The highest BCUT2D eigenvalue weighted by atomic mass is 16.2. The summed E-state index contributed by atoms with van der Waals surface area (Å²) in [6.07, 6.45) is 5.46. The summed E-state index contributed by atoms with van der Waals surface area (Å²) in [7, 11) is 0. The predicted octanol–water partition coefficient (Wildman–Crippen LogP) is 0.464. The van der Waals surface area contributed by atoms with E-state index in [2.05, 4.69) is 57.5 Å². The fourth-order valence-electron chi connectivity index (χ4n) is 4.81. The fourth-order valence-corrected chi connectivity index (χ4v) is 4.81. The van der Waals surface area contributed by atoms with Crippen LogP contribution in [0.4, 0.5) is 11.6 Å². The predicted molar refractivity (Wildman–Crippen MR) is 132 cm³/mol.